The van der Waals surface area contributed by atoms with E-state index in [1.165, 1.54) is 22.3 Å². The Kier molecular flexibility index (Phi) is 6.81. The first kappa shape index (κ1) is 23.8. The number of thiazole rings is 1. The van der Waals surface area contributed by atoms with Gasteiger partial charge < -0.3 is 14.6 Å². The van der Waals surface area contributed by atoms with Crippen LogP contribution in [-0.4, -0.2) is 59.7 Å². The lowest BCUT2D eigenvalue weighted by atomic mass is 9.88. The lowest BCUT2D eigenvalue weighted by Gasteiger charge is -2.36. The highest BCUT2D eigenvalue weighted by Crippen LogP contribution is 2.35. The molecular weight excluding hydrogens is 488 g/mol. The fraction of sp³-hybridized carbons (Fsp3) is 0.478. The van der Waals surface area contributed by atoms with Crippen molar-refractivity contribution in [3.05, 3.63) is 46.0 Å². The van der Waals surface area contributed by atoms with Crippen molar-refractivity contribution in [2.24, 2.45) is 5.92 Å². The molecule has 0 spiro atoms. The van der Waals surface area contributed by atoms with E-state index in [1.807, 2.05) is 6.07 Å². The molecule has 1 fully saturated rings. The number of methoxy groups -OCH3 is 1. The standard InChI is InChI=1S/C23H27ClN8O2S/c1-13(2)6-21-30-17-11-25-20(32-27-4-5-28-32)10-18(17)31(21)15-7-14(8-16(9-15)34-3)29-22(33)23-26-12-19(24)35-23/h4-5,10-16H,6-9H2,1-3H3,(H,29,33)/t14-,15+,16+/m1/s1. The van der Waals surface area contributed by atoms with Crippen LogP contribution in [-0.2, 0) is 11.2 Å². The third kappa shape index (κ3) is 5.07. The van der Waals surface area contributed by atoms with E-state index in [1.54, 1.807) is 25.7 Å². The molecule has 1 aliphatic carbocycles. The maximum absolute atomic E-state index is 12.8. The summed E-state index contributed by atoms with van der Waals surface area (Å²) in [6, 6.07) is 1.99. The molecule has 1 saturated carbocycles. The van der Waals surface area contributed by atoms with Crippen LogP contribution in [0.3, 0.4) is 0 Å². The van der Waals surface area contributed by atoms with Crippen molar-refractivity contribution in [1.29, 1.82) is 0 Å². The van der Waals surface area contributed by atoms with Gasteiger partial charge >= 0.3 is 0 Å². The van der Waals surface area contributed by atoms with E-state index in [0.29, 0.717) is 21.1 Å². The second-order valence-corrected chi connectivity index (χ2v) is 10.9. The first-order chi connectivity index (χ1) is 16.9. The summed E-state index contributed by atoms with van der Waals surface area (Å²) in [7, 11) is 1.72. The molecule has 35 heavy (non-hydrogen) atoms. The molecule has 0 radical (unpaired) electrons. The minimum atomic E-state index is -0.212. The Morgan fingerprint density at radius 2 is 2.03 bits per heavy atom. The quantitative estimate of drug-likeness (QED) is 0.398. The van der Waals surface area contributed by atoms with Crippen LogP contribution < -0.4 is 5.32 Å². The molecule has 3 atom stereocenters. The van der Waals surface area contributed by atoms with Gasteiger partial charge in [-0.05, 0) is 25.2 Å². The number of carbonyl (C=O) groups excluding carboxylic acids is 1. The number of ether oxygens (including phenoxy) is 1. The van der Waals surface area contributed by atoms with Crippen LogP contribution in [0.4, 0.5) is 0 Å². The zero-order valence-electron chi connectivity index (χ0n) is 19.8. The molecule has 0 aromatic carbocycles. The Bertz CT molecular complexity index is 1320. The Balaban J connectivity index is 1.50. The molecule has 0 aliphatic heterocycles. The van der Waals surface area contributed by atoms with Crippen LogP contribution in [0, 0.1) is 5.92 Å². The summed E-state index contributed by atoms with van der Waals surface area (Å²) in [6.07, 6.45) is 9.65. The third-order valence-electron chi connectivity index (χ3n) is 6.19. The van der Waals surface area contributed by atoms with Crippen LogP contribution in [0.15, 0.2) is 30.9 Å². The van der Waals surface area contributed by atoms with Crippen molar-refractivity contribution in [3.8, 4) is 5.82 Å². The molecule has 0 unspecified atom stereocenters. The Morgan fingerprint density at radius 1 is 1.23 bits per heavy atom. The Labute approximate surface area is 211 Å². The number of rotatable bonds is 7. The fourth-order valence-electron chi connectivity index (χ4n) is 4.76. The van der Waals surface area contributed by atoms with E-state index in [-0.39, 0.29) is 24.1 Å². The lowest BCUT2D eigenvalue weighted by molar-refractivity contribution is 0.0390. The van der Waals surface area contributed by atoms with Gasteiger partial charge in [0.1, 0.15) is 15.7 Å². The summed E-state index contributed by atoms with van der Waals surface area (Å²) in [4.78, 5) is 27.9. The van der Waals surface area contributed by atoms with Gasteiger partial charge in [-0.15, -0.1) is 4.80 Å². The third-order valence-corrected chi connectivity index (χ3v) is 7.31. The second-order valence-electron chi connectivity index (χ2n) is 9.20. The van der Waals surface area contributed by atoms with Crippen LogP contribution in [0.25, 0.3) is 16.9 Å². The molecule has 184 valence electrons. The number of nitrogens with zero attached hydrogens (tertiary/aromatic N) is 7. The van der Waals surface area contributed by atoms with Crippen molar-refractivity contribution >= 4 is 39.9 Å². The van der Waals surface area contributed by atoms with Crippen molar-refractivity contribution in [2.45, 2.75) is 57.7 Å². The monoisotopic (exact) mass is 514 g/mol. The maximum Gasteiger partial charge on any atom is 0.280 e. The van der Waals surface area contributed by atoms with Gasteiger partial charge in [-0.3, -0.25) is 4.79 Å². The predicted molar refractivity (Wildman–Crippen MR) is 133 cm³/mol. The number of nitrogens with one attached hydrogen (secondary N) is 1. The molecule has 4 heterocycles. The van der Waals surface area contributed by atoms with Crippen molar-refractivity contribution in [3.63, 3.8) is 0 Å². The Morgan fingerprint density at radius 3 is 2.71 bits per heavy atom. The number of halogens is 1. The number of fused-ring (bicyclic) bond motifs is 1. The van der Waals surface area contributed by atoms with Crippen LogP contribution >= 0.6 is 22.9 Å². The fourth-order valence-corrected chi connectivity index (χ4v) is 5.58. The highest BCUT2D eigenvalue weighted by Gasteiger charge is 2.33. The van der Waals surface area contributed by atoms with Gasteiger partial charge in [0.25, 0.3) is 5.91 Å². The summed E-state index contributed by atoms with van der Waals surface area (Å²) in [5, 5.41) is 12.0. The van der Waals surface area contributed by atoms with E-state index in [4.69, 9.17) is 21.3 Å². The van der Waals surface area contributed by atoms with Crippen LogP contribution in [0.5, 0.6) is 0 Å². The molecule has 1 amide bonds. The number of pyridine rings is 1. The van der Waals surface area contributed by atoms with E-state index >= 15 is 0 Å². The smallest absolute Gasteiger partial charge is 0.280 e. The zero-order valence-corrected chi connectivity index (χ0v) is 21.3. The van der Waals surface area contributed by atoms with Crippen LogP contribution in [0.2, 0.25) is 4.34 Å². The SMILES string of the molecule is CO[C@H]1C[C@H](NC(=O)c2ncc(Cl)s2)C[C@H](n2c(CC(C)C)nc3cnc(-n4nccn4)cc32)C1. The van der Waals surface area contributed by atoms with Gasteiger partial charge in [0.15, 0.2) is 10.8 Å². The maximum atomic E-state index is 12.8. The first-order valence-corrected chi connectivity index (χ1v) is 12.8. The molecule has 0 bridgehead atoms. The van der Waals surface area contributed by atoms with Gasteiger partial charge in [-0.25, -0.2) is 15.0 Å². The van der Waals surface area contributed by atoms with E-state index in [9.17, 15) is 4.79 Å². The zero-order chi connectivity index (χ0) is 24.5. The molecule has 5 rings (SSSR count). The number of carbonyl (C=O) groups is 1. The second kappa shape index (κ2) is 10.00. The number of aromatic nitrogens is 7. The summed E-state index contributed by atoms with van der Waals surface area (Å²) in [5.74, 6) is 1.85. The van der Waals surface area contributed by atoms with Crippen LogP contribution in [0.1, 0.15) is 54.8 Å². The highest BCUT2D eigenvalue weighted by molar-refractivity contribution is 7.17. The van der Waals surface area contributed by atoms with E-state index in [0.717, 1.165) is 42.5 Å². The first-order valence-electron chi connectivity index (χ1n) is 11.6. The minimum Gasteiger partial charge on any atom is -0.381 e. The minimum absolute atomic E-state index is 0.00243. The molecule has 1 aliphatic rings. The molecule has 4 aromatic heterocycles. The van der Waals surface area contributed by atoms with Crippen molar-refractivity contribution < 1.29 is 9.53 Å². The normalized spacial score (nSPS) is 20.5. The largest absolute Gasteiger partial charge is 0.381 e. The van der Waals surface area contributed by atoms with Crippen molar-refractivity contribution in [2.75, 3.05) is 7.11 Å². The molecule has 10 nitrogen and oxygen atoms in total. The average Bonchev–Trinajstić information content (AvgIpc) is 3.57. The van der Waals surface area contributed by atoms with E-state index < -0.39 is 0 Å². The van der Waals surface area contributed by atoms with Gasteiger partial charge in [-0.1, -0.05) is 36.8 Å². The molecule has 1 N–H and O–H groups in total. The molecule has 0 saturated heterocycles. The summed E-state index contributed by atoms with van der Waals surface area (Å²) < 4.78 is 8.59. The van der Waals surface area contributed by atoms with Gasteiger partial charge in [-0.2, -0.15) is 10.2 Å². The summed E-state index contributed by atoms with van der Waals surface area (Å²) in [6.45, 7) is 4.37. The molecule has 4 aromatic rings. The molecule has 12 heteroatoms. The number of hydrogen-bond donors (Lipinski definition) is 1. The highest BCUT2D eigenvalue weighted by atomic mass is 35.5. The predicted octanol–water partition coefficient (Wildman–Crippen LogP) is 3.86. The number of amides is 1. The van der Waals surface area contributed by atoms with Gasteiger partial charge in [0, 0.05) is 31.7 Å². The Hall–Kier alpha value is -2.89. The number of hydrogen-bond acceptors (Lipinski definition) is 8. The van der Waals surface area contributed by atoms with E-state index in [2.05, 4.69) is 43.9 Å². The average molecular weight is 515 g/mol. The van der Waals surface area contributed by atoms with Crippen molar-refractivity contribution in [1.82, 2.24) is 39.8 Å². The summed E-state index contributed by atoms with van der Waals surface area (Å²) in [5.41, 5.74) is 1.80. The van der Waals surface area contributed by atoms with Gasteiger partial charge in [0.2, 0.25) is 0 Å². The lowest BCUT2D eigenvalue weighted by Crippen LogP contribution is -2.43. The topological polar surface area (TPSA) is 113 Å². The molecular formula is C23H27ClN8O2S. The van der Waals surface area contributed by atoms with Gasteiger partial charge in [0.05, 0.1) is 36.4 Å². The summed E-state index contributed by atoms with van der Waals surface area (Å²) >= 11 is 7.15. The number of imidazole rings is 1.